The van der Waals surface area contributed by atoms with Gasteiger partial charge in [0.2, 0.25) is 5.91 Å². The Morgan fingerprint density at radius 2 is 2.27 bits per heavy atom. The second-order valence-electron chi connectivity index (χ2n) is 3.44. The molecule has 1 atom stereocenters. The molecule has 3 nitrogen and oxygen atoms in total. The van der Waals surface area contributed by atoms with Crippen molar-refractivity contribution in [2.45, 2.75) is 26.3 Å². The van der Waals surface area contributed by atoms with E-state index in [9.17, 15) is 4.79 Å². The molecule has 0 saturated carbocycles. The molecule has 15 heavy (non-hydrogen) atoms. The Hall–Kier alpha value is -1.06. The monoisotopic (exact) mass is 226 g/mol. The van der Waals surface area contributed by atoms with Gasteiger partial charge in [-0.15, -0.1) is 0 Å². The van der Waals surface area contributed by atoms with Crippen LogP contribution in [0.4, 0.5) is 5.69 Å². The van der Waals surface area contributed by atoms with E-state index in [0.717, 1.165) is 5.56 Å². The molecule has 1 rings (SSSR count). The molecule has 0 aliphatic carbocycles. The first-order valence-electron chi connectivity index (χ1n) is 4.87. The zero-order chi connectivity index (χ0) is 11.4. The van der Waals surface area contributed by atoms with Gasteiger partial charge in [-0.1, -0.05) is 30.7 Å². The predicted molar refractivity (Wildman–Crippen MR) is 63.1 cm³/mol. The number of aryl methyl sites for hydroxylation is 1. The van der Waals surface area contributed by atoms with Gasteiger partial charge >= 0.3 is 0 Å². The molecule has 0 unspecified atom stereocenters. The molecule has 0 radical (unpaired) electrons. The fourth-order valence-electron chi connectivity index (χ4n) is 1.19. The first-order chi connectivity index (χ1) is 7.06. The SMILES string of the molecule is CC[C@@H](N)C(=O)Nc1c(C)cccc1Cl. The van der Waals surface area contributed by atoms with Crippen molar-refractivity contribution in [3.8, 4) is 0 Å². The van der Waals surface area contributed by atoms with Gasteiger partial charge < -0.3 is 11.1 Å². The Bertz CT molecular complexity index is 345. The third kappa shape index (κ3) is 2.94. The summed E-state index contributed by atoms with van der Waals surface area (Å²) in [6.07, 6.45) is 0.606. The first-order valence-corrected chi connectivity index (χ1v) is 5.25. The smallest absolute Gasteiger partial charge is 0.241 e. The highest BCUT2D eigenvalue weighted by atomic mass is 35.5. The van der Waals surface area contributed by atoms with Gasteiger partial charge in [0.25, 0.3) is 0 Å². The van der Waals surface area contributed by atoms with E-state index in [0.29, 0.717) is 17.1 Å². The van der Waals surface area contributed by atoms with Crippen LogP contribution in [0.15, 0.2) is 18.2 Å². The Labute approximate surface area is 94.6 Å². The van der Waals surface area contributed by atoms with Gasteiger partial charge in [-0.2, -0.15) is 0 Å². The second kappa shape index (κ2) is 5.14. The highest BCUT2D eigenvalue weighted by molar-refractivity contribution is 6.34. The number of carbonyl (C=O) groups is 1. The molecule has 0 saturated heterocycles. The maximum Gasteiger partial charge on any atom is 0.241 e. The van der Waals surface area contributed by atoms with Gasteiger partial charge in [0.05, 0.1) is 16.8 Å². The Balaban J connectivity index is 2.85. The summed E-state index contributed by atoms with van der Waals surface area (Å²) in [7, 11) is 0. The highest BCUT2D eigenvalue weighted by Crippen LogP contribution is 2.25. The molecule has 0 spiro atoms. The van der Waals surface area contributed by atoms with Gasteiger partial charge in [0.15, 0.2) is 0 Å². The molecular weight excluding hydrogens is 212 g/mol. The molecule has 0 fully saturated rings. The molecule has 1 amide bonds. The highest BCUT2D eigenvalue weighted by Gasteiger charge is 2.13. The van der Waals surface area contributed by atoms with Crippen molar-refractivity contribution in [3.63, 3.8) is 0 Å². The standard InChI is InChI=1S/C11H15ClN2O/c1-3-9(13)11(15)14-10-7(2)5-4-6-8(10)12/h4-6,9H,3,13H2,1-2H3,(H,14,15)/t9-/m1/s1. The van der Waals surface area contributed by atoms with Crippen LogP contribution in [-0.2, 0) is 4.79 Å². The molecule has 1 aromatic carbocycles. The summed E-state index contributed by atoms with van der Waals surface area (Å²) >= 11 is 5.97. The number of rotatable bonds is 3. The lowest BCUT2D eigenvalue weighted by Crippen LogP contribution is -2.35. The van der Waals surface area contributed by atoms with Crippen molar-refractivity contribution in [2.75, 3.05) is 5.32 Å². The number of anilines is 1. The largest absolute Gasteiger partial charge is 0.323 e. The van der Waals surface area contributed by atoms with Crippen molar-refractivity contribution in [2.24, 2.45) is 5.73 Å². The van der Waals surface area contributed by atoms with Crippen molar-refractivity contribution in [1.29, 1.82) is 0 Å². The molecule has 3 N–H and O–H groups in total. The molecule has 82 valence electrons. The molecule has 0 heterocycles. The molecule has 1 aromatic rings. The topological polar surface area (TPSA) is 55.1 Å². The number of benzene rings is 1. The number of halogens is 1. The van der Waals surface area contributed by atoms with Gasteiger partial charge in [-0.3, -0.25) is 4.79 Å². The Morgan fingerprint density at radius 3 is 2.80 bits per heavy atom. The molecule has 0 aromatic heterocycles. The van der Waals surface area contributed by atoms with Crippen molar-refractivity contribution >= 4 is 23.2 Å². The van der Waals surface area contributed by atoms with Crippen molar-refractivity contribution < 1.29 is 4.79 Å². The third-order valence-electron chi connectivity index (χ3n) is 2.25. The summed E-state index contributed by atoms with van der Waals surface area (Å²) in [5, 5.41) is 3.27. The van der Waals surface area contributed by atoms with E-state index in [1.807, 2.05) is 26.0 Å². The Morgan fingerprint density at radius 1 is 1.60 bits per heavy atom. The van der Waals surface area contributed by atoms with Crippen LogP contribution in [0, 0.1) is 6.92 Å². The molecule has 0 aliphatic heterocycles. The normalized spacial score (nSPS) is 12.3. The van der Waals surface area contributed by atoms with E-state index in [2.05, 4.69) is 5.32 Å². The summed E-state index contributed by atoms with van der Waals surface area (Å²) in [6, 6.07) is 4.98. The van der Waals surface area contributed by atoms with Crippen LogP contribution in [0.2, 0.25) is 5.02 Å². The minimum absolute atomic E-state index is 0.200. The van der Waals surface area contributed by atoms with Gasteiger partial charge in [-0.05, 0) is 25.0 Å². The summed E-state index contributed by atoms with van der Waals surface area (Å²) in [6.45, 7) is 3.75. The van der Waals surface area contributed by atoms with Crippen LogP contribution < -0.4 is 11.1 Å². The molecule has 0 aliphatic rings. The number of hydrogen-bond donors (Lipinski definition) is 2. The lowest BCUT2D eigenvalue weighted by molar-refractivity contribution is -0.117. The average molecular weight is 227 g/mol. The van der Waals surface area contributed by atoms with Gasteiger partial charge in [0.1, 0.15) is 0 Å². The van der Waals surface area contributed by atoms with E-state index >= 15 is 0 Å². The zero-order valence-corrected chi connectivity index (χ0v) is 9.64. The minimum Gasteiger partial charge on any atom is -0.323 e. The van der Waals surface area contributed by atoms with Crippen LogP contribution in [0.5, 0.6) is 0 Å². The summed E-state index contributed by atoms with van der Waals surface area (Å²) in [5.74, 6) is -0.200. The fraction of sp³-hybridized carbons (Fsp3) is 0.364. The second-order valence-corrected chi connectivity index (χ2v) is 3.84. The first kappa shape index (κ1) is 12.0. The average Bonchev–Trinajstić information content (AvgIpc) is 2.22. The van der Waals surface area contributed by atoms with Crippen LogP contribution >= 0.6 is 11.6 Å². The van der Waals surface area contributed by atoms with Crippen LogP contribution in [0.3, 0.4) is 0 Å². The number of nitrogens with one attached hydrogen (secondary N) is 1. The maximum atomic E-state index is 11.6. The quantitative estimate of drug-likeness (QED) is 0.831. The predicted octanol–water partition coefficient (Wildman–Crippen LogP) is 2.32. The fourth-order valence-corrected chi connectivity index (χ4v) is 1.46. The molecule has 4 heteroatoms. The summed E-state index contributed by atoms with van der Waals surface area (Å²) in [5.41, 5.74) is 7.19. The number of para-hydroxylation sites is 1. The minimum atomic E-state index is -0.485. The zero-order valence-electron chi connectivity index (χ0n) is 8.88. The number of amides is 1. The Kier molecular flexibility index (Phi) is 4.12. The van der Waals surface area contributed by atoms with Crippen molar-refractivity contribution in [3.05, 3.63) is 28.8 Å². The van der Waals surface area contributed by atoms with Crippen LogP contribution in [0.25, 0.3) is 0 Å². The van der Waals surface area contributed by atoms with Crippen LogP contribution in [-0.4, -0.2) is 11.9 Å². The van der Waals surface area contributed by atoms with E-state index in [1.165, 1.54) is 0 Å². The van der Waals surface area contributed by atoms with Gasteiger partial charge in [0, 0.05) is 0 Å². The van der Waals surface area contributed by atoms with Crippen molar-refractivity contribution in [1.82, 2.24) is 0 Å². The van der Waals surface area contributed by atoms with Gasteiger partial charge in [-0.25, -0.2) is 0 Å². The lowest BCUT2D eigenvalue weighted by atomic mass is 10.1. The maximum absolute atomic E-state index is 11.6. The summed E-state index contributed by atoms with van der Waals surface area (Å²) < 4.78 is 0. The molecular formula is C11H15ClN2O. The molecule has 0 bridgehead atoms. The van der Waals surface area contributed by atoms with E-state index in [1.54, 1.807) is 6.07 Å². The van der Waals surface area contributed by atoms with Crippen LogP contribution in [0.1, 0.15) is 18.9 Å². The van der Waals surface area contributed by atoms with E-state index in [4.69, 9.17) is 17.3 Å². The van der Waals surface area contributed by atoms with E-state index in [-0.39, 0.29) is 5.91 Å². The number of nitrogens with two attached hydrogens (primary N) is 1. The van der Waals surface area contributed by atoms with E-state index < -0.39 is 6.04 Å². The third-order valence-corrected chi connectivity index (χ3v) is 2.56. The number of hydrogen-bond acceptors (Lipinski definition) is 2. The summed E-state index contributed by atoms with van der Waals surface area (Å²) in [4.78, 5) is 11.6. The number of carbonyl (C=O) groups excluding carboxylic acids is 1. The lowest BCUT2D eigenvalue weighted by Gasteiger charge is -2.13.